The molecule has 0 aliphatic carbocycles. The molecule has 4 aromatic rings. The van der Waals surface area contributed by atoms with Crippen molar-refractivity contribution in [2.75, 3.05) is 5.75 Å². The molecule has 1 N–H and O–H groups in total. The smallest absolute Gasteiger partial charge is 0.344 e. The molecule has 0 saturated carbocycles. The van der Waals surface area contributed by atoms with Crippen molar-refractivity contribution in [1.29, 1.82) is 0 Å². The van der Waals surface area contributed by atoms with Crippen LogP contribution < -0.4 is 5.69 Å². The number of aromatic nitrogens is 3. The van der Waals surface area contributed by atoms with Gasteiger partial charge in [-0.3, -0.25) is 9.36 Å². The van der Waals surface area contributed by atoms with Crippen LogP contribution in [0.1, 0.15) is 16.1 Å². The lowest BCUT2D eigenvalue weighted by molar-refractivity contribution is 0.102. The van der Waals surface area contributed by atoms with Crippen molar-refractivity contribution in [2.24, 2.45) is 0 Å². The number of hydrogen-bond acceptors (Lipinski definition) is 6. The lowest BCUT2D eigenvalue weighted by Gasteiger charge is -2.03. The summed E-state index contributed by atoms with van der Waals surface area (Å²) in [6, 6.07) is 11.4. The van der Waals surface area contributed by atoms with E-state index in [9.17, 15) is 9.59 Å². The van der Waals surface area contributed by atoms with Gasteiger partial charge in [0.1, 0.15) is 5.76 Å². The standard InChI is InChI=1S/C17H13N3O3S2/c21-14(13-9-24-15-6-2-1-5-12(13)15)10-25-17-19-18-16(22)20(17)8-11-4-3-7-23-11/h1-7,9H,8,10H2,(H,18,22). The van der Waals surface area contributed by atoms with Gasteiger partial charge in [-0.1, -0.05) is 30.0 Å². The molecule has 0 spiro atoms. The first kappa shape index (κ1) is 15.9. The summed E-state index contributed by atoms with van der Waals surface area (Å²) in [7, 11) is 0. The van der Waals surface area contributed by atoms with E-state index < -0.39 is 0 Å². The molecule has 8 heteroatoms. The summed E-state index contributed by atoms with van der Waals surface area (Å²) < 4.78 is 7.82. The van der Waals surface area contributed by atoms with Crippen LogP contribution in [0.15, 0.2) is 62.4 Å². The predicted molar refractivity (Wildman–Crippen MR) is 97.5 cm³/mol. The molecule has 0 aliphatic heterocycles. The third-order valence-corrected chi connectivity index (χ3v) is 5.67. The molecular weight excluding hydrogens is 358 g/mol. The lowest BCUT2D eigenvalue weighted by Crippen LogP contribution is -2.18. The average molecular weight is 371 g/mol. The molecule has 0 aliphatic rings. The number of Topliss-reactive ketones (excluding diaryl/α,β-unsaturated/α-hetero) is 1. The maximum Gasteiger partial charge on any atom is 0.344 e. The van der Waals surface area contributed by atoms with Gasteiger partial charge >= 0.3 is 5.69 Å². The number of thioether (sulfide) groups is 1. The molecule has 3 heterocycles. The minimum atomic E-state index is -0.327. The fourth-order valence-corrected chi connectivity index (χ4v) is 4.31. The number of H-pyrrole nitrogens is 1. The fraction of sp³-hybridized carbons (Fsp3) is 0.118. The number of carbonyl (C=O) groups excluding carboxylic acids is 1. The largest absolute Gasteiger partial charge is 0.467 e. The van der Waals surface area contributed by atoms with Gasteiger partial charge < -0.3 is 4.42 Å². The number of thiophene rings is 1. The molecule has 4 rings (SSSR count). The van der Waals surface area contributed by atoms with Crippen molar-refractivity contribution in [1.82, 2.24) is 14.8 Å². The topological polar surface area (TPSA) is 80.9 Å². The second-order valence-corrected chi connectivity index (χ2v) is 7.19. The number of benzene rings is 1. The first-order valence-electron chi connectivity index (χ1n) is 7.52. The Bertz CT molecular complexity index is 1080. The van der Waals surface area contributed by atoms with Crippen molar-refractivity contribution >= 4 is 39.0 Å². The molecule has 6 nitrogen and oxygen atoms in total. The predicted octanol–water partition coefficient (Wildman–Crippen LogP) is 3.40. The molecular formula is C17H13N3O3S2. The van der Waals surface area contributed by atoms with Crippen LogP contribution in [0.3, 0.4) is 0 Å². The maximum absolute atomic E-state index is 12.6. The third kappa shape index (κ3) is 3.18. The van der Waals surface area contributed by atoms with Crippen LogP contribution >= 0.6 is 23.1 Å². The highest BCUT2D eigenvalue weighted by Gasteiger charge is 2.16. The van der Waals surface area contributed by atoms with Crippen molar-refractivity contribution in [2.45, 2.75) is 11.7 Å². The molecule has 126 valence electrons. The number of hydrogen-bond donors (Lipinski definition) is 1. The Kier molecular flexibility index (Phi) is 4.29. The molecule has 0 fully saturated rings. The van der Waals surface area contributed by atoms with Crippen molar-refractivity contribution in [3.63, 3.8) is 0 Å². The van der Waals surface area contributed by atoms with Crippen LogP contribution in [0, 0.1) is 0 Å². The van der Waals surface area contributed by atoms with Crippen molar-refractivity contribution in [3.05, 3.63) is 69.8 Å². The van der Waals surface area contributed by atoms with Gasteiger partial charge in [0, 0.05) is 21.0 Å². The van der Waals surface area contributed by atoms with Gasteiger partial charge in [0.2, 0.25) is 0 Å². The Balaban J connectivity index is 1.52. The van der Waals surface area contributed by atoms with E-state index in [0.29, 0.717) is 16.5 Å². The molecule has 0 amide bonds. The number of furan rings is 1. The number of rotatable bonds is 6. The van der Waals surface area contributed by atoms with E-state index in [-0.39, 0.29) is 23.8 Å². The summed E-state index contributed by atoms with van der Waals surface area (Å²) >= 11 is 2.79. The summed E-state index contributed by atoms with van der Waals surface area (Å²) in [5.41, 5.74) is 0.385. The molecule has 0 saturated heterocycles. The number of nitrogens with one attached hydrogen (secondary N) is 1. The van der Waals surface area contributed by atoms with Gasteiger partial charge in [0.05, 0.1) is 18.6 Å². The van der Waals surface area contributed by atoms with Crippen LogP contribution in [0.2, 0.25) is 0 Å². The highest BCUT2D eigenvalue weighted by atomic mass is 32.2. The average Bonchev–Trinajstić information content (AvgIpc) is 3.35. The summed E-state index contributed by atoms with van der Waals surface area (Å²) in [4.78, 5) is 24.5. The molecule has 0 bridgehead atoms. The Morgan fingerprint density at radius 1 is 1.28 bits per heavy atom. The molecule has 1 aromatic carbocycles. The van der Waals surface area contributed by atoms with Gasteiger partial charge in [-0.05, 0) is 18.2 Å². The fourth-order valence-electron chi connectivity index (χ4n) is 2.51. The normalized spacial score (nSPS) is 11.2. The first-order valence-corrected chi connectivity index (χ1v) is 9.39. The number of nitrogens with zero attached hydrogens (tertiary/aromatic N) is 2. The van der Waals surface area contributed by atoms with E-state index in [4.69, 9.17) is 4.42 Å². The molecule has 25 heavy (non-hydrogen) atoms. The van der Waals surface area contributed by atoms with Gasteiger partial charge in [-0.15, -0.1) is 16.4 Å². The molecule has 0 radical (unpaired) electrons. The van der Waals surface area contributed by atoms with Gasteiger partial charge in [0.25, 0.3) is 0 Å². The minimum absolute atomic E-state index is 0.0162. The van der Waals surface area contributed by atoms with E-state index in [1.807, 2.05) is 29.6 Å². The van der Waals surface area contributed by atoms with Crippen LogP contribution in [-0.2, 0) is 6.54 Å². The quantitative estimate of drug-likeness (QED) is 0.415. The van der Waals surface area contributed by atoms with Crippen LogP contribution in [0.5, 0.6) is 0 Å². The molecule has 3 aromatic heterocycles. The number of carbonyl (C=O) groups is 1. The zero-order valence-electron chi connectivity index (χ0n) is 13.0. The summed E-state index contributed by atoms with van der Waals surface area (Å²) in [6.45, 7) is 0.278. The molecule has 0 unspecified atom stereocenters. The highest BCUT2D eigenvalue weighted by Crippen LogP contribution is 2.27. The van der Waals surface area contributed by atoms with Crippen molar-refractivity contribution < 1.29 is 9.21 Å². The third-order valence-electron chi connectivity index (χ3n) is 3.73. The Morgan fingerprint density at radius 3 is 3.00 bits per heavy atom. The van der Waals surface area contributed by atoms with Gasteiger partial charge in [-0.25, -0.2) is 9.89 Å². The number of ketones is 1. The lowest BCUT2D eigenvalue weighted by atomic mass is 10.1. The summed E-state index contributed by atoms with van der Waals surface area (Å²) in [5, 5.41) is 9.75. The van der Waals surface area contributed by atoms with Crippen LogP contribution in [0.4, 0.5) is 0 Å². The summed E-state index contributed by atoms with van der Waals surface area (Å²) in [5.74, 6) is 0.881. The Hall–Kier alpha value is -2.58. The van der Waals surface area contributed by atoms with Gasteiger partial charge in [-0.2, -0.15) is 0 Å². The summed E-state index contributed by atoms with van der Waals surface area (Å²) in [6.07, 6.45) is 1.55. The highest BCUT2D eigenvalue weighted by molar-refractivity contribution is 7.99. The SMILES string of the molecule is O=C(CSc1n[nH]c(=O)n1Cc1ccco1)c1csc2ccccc12. The van der Waals surface area contributed by atoms with Gasteiger partial charge in [0.15, 0.2) is 10.9 Å². The van der Waals surface area contributed by atoms with Crippen LogP contribution in [-0.4, -0.2) is 26.3 Å². The first-order chi connectivity index (χ1) is 12.2. The molecule has 0 atom stereocenters. The minimum Gasteiger partial charge on any atom is -0.467 e. The second kappa shape index (κ2) is 6.73. The monoisotopic (exact) mass is 371 g/mol. The Morgan fingerprint density at radius 2 is 2.16 bits per heavy atom. The zero-order valence-corrected chi connectivity index (χ0v) is 14.6. The van der Waals surface area contributed by atoms with Crippen LogP contribution in [0.25, 0.3) is 10.1 Å². The number of aromatic amines is 1. The van der Waals surface area contributed by atoms with E-state index in [1.165, 1.54) is 16.3 Å². The zero-order chi connectivity index (χ0) is 17.2. The maximum atomic E-state index is 12.6. The number of fused-ring (bicyclic) bond motifs is 1. The van der Waals surface area contributed by atoms with E-state index in [2.05, 4.69) is 10.2 Å². The van der Waals surface area contributed by atoms with E-state index >= 15 is 0 Å². The van der Waals surface area contributed by atoms with E-state index in [0.717, 1.165) is 10.1 Å². The van der Waals surface area contributed by atoms with Crippen molar-refractivity contribution in [3.8, 4) is 0 Å². The Labute approximate surface area is 150 Å². The van der Waals surface area contributed by atoms with E-state index in [1.54, 1.807) is 29.7 Å². The second-order valence-electron chi connectivity index (χ2n) is 5.33.